The molecule has 0 saturated carbocycles. The third-order valence-electron chi connectivity index (χ3n) is 3.97. The van der Waals surface area contributed by atoms with Crippen molar-refractivity contribution in [2.24, 2.45) is 0 Å². The molecule has 3 heterocycles. The molecule has 0 saturated heterocycles. The number of anilines is 1. The predicted molar refractivity (Wildman–Crippen MR) is 89.3 cm³/mol. The number of rotatable bonds is 3. The molecule has 1 aliphatic rings. The third-order valence-corrected chi connectivity index (χ3v) is 3.97. The van der Waals surface area contributed by atoms with Crippen molar-refractivity contribution < 1.29 is 14.3 Å². The summed E-state index contributed by atoms with van der Waals surface area (Å²) in [5.41, 5.74) is 1.86. The van der Waals surface area contributed by atoms with Gasteiger partial charge in [-0.25, -0.2) is 14.8 Å². The van der Waals surface area contributed by atoms with Crippen LogP contribution in [0.1, 0.15) is 15.9 Å². The Balaban J connectivity index is 1.47. The lowest BCUT2D eigenvalue weighted by atomic mass is 9.98. The number of esters is 1. The molecular formula is C18H14N4O3. The van der Waals surface area contributed by atoms with E-state index in [1.54, 1.807) is 53.8 Å². The highest BCUT2D eigenvalue weighted by Crippen LogP contribution is 2.21. The largest absolute Gasteiger partial charge is 0.448 e. The van der Waals surface area contributed by atoms with Crippen LogP contribution in [0.3, 0.4) is 0 Å². The second kappa shape index (κ2) is 6.20. The van der Waals surface area contributed by atoms with Gasteiger partial charge in [-0.3, -0.25) is 9.36 Å². The lowest BCUT2D eigenvalue weighted by molar-refractivity contribution is -0.125. The molecule has 1 atom stereocenters. The maximum absolute atomic E-state index is 12.4. The van der Waals surface area contributed by atoms with Crippen LogP contribution in [0.2, 0.25) is 0 Å². The molecule has 0 bridgehead atoms. The standard InChI is InChI=1S/C18H14N4O3/c23-17(15-9-12-3-1-2-4-14(12)18(24)25-15)21-13-5-6-16(20-10-13)22-8-7-19-11-22/h1-8,10-11,15H,9H2,(H,21,23)/t15-/m1/s1. The Labute approximate surface area is 143 Å². The highest BCUT2D eigenvalue weighted by molar-refractivity contribution is 6.00. The SMILES string of the molecule is O=C1O[C@@H](C(=O)Nc2ccc(-n3ccnc3)nc2)Cc2ccccc21. The zero-order valence-corrected chi connectivity index (χ0v) is 13.1. The van der Waals surface area contributed by atoms with E-state index in [9.17, 15) is 9.59 Å². The number of imidazole rings is 1. The van der Waals surface area contributed by atoms with Crippen molar-refractivity contribution in [1.82, 2.24) is 14.5 Å². The van der Waals surface area contributed by atoms with Crippen LogP contribution in [0.4, 0.5) is 5.69 Å². The summed E-state index contributed by atoms with van der Waals surface area (Å²) in [6, 6.07) is 10.6. The summed E-state index contributed by atoms with van der Waals surface area (Å²) in [7, 11) is 0. The lowest BCUT2D eigenvalue weighted by Crippen LogP contribution is -2.38. The molecule has 2 aromatic heterocycles. The number of fused-ring (bicyclic) bond motifs is 1. The average molecular weight is 334 g/mol. The van der Waals surface area contributed by atoms with Crippen molar-refractivity contribution >= 4 is 17.6 Å². The van der Waals surface area contributed by atoms with Crippen LogP contribution in [-0.4, -0.2) is 32.5 Å². The highest BCUT2D eigenvalue weighted by Gasteiger charge is 2.31. The van der Waals surface area contributed by atoms with Crippen molar-refractivity contribution in [3.05, 3.63) is 72.4 Å². The van der Waals surface area contributed by atoms with Gasteiger partial charge in [-0.2, -0.15) is 0 Å². The molecule has 0 radical (unpaired) electrons. The third kappa shape index (κ3) is 2.99. The Bertz CT molecular complexity index is 920. The molecule has 124 valence electrons. The van der Waals surface area contributed by atoms with Gasteiger partial charge in [0.1, 0.15) is 12.1 Å². The fraction of sp³-hybridized carbons (Fsp3) is 0.111. The Morgan fingerprint density at radius 3 is 2.88 bits per heavy atom. The van der Waals surface area contributed by atoms with Crippen LogP contribution < -0.4 is 5.32 Å². The van der Waals surface area contributed by atoms with E-state index in [1.807, 2.05) is 12.1 Å². The van der Waals surface area contributed by atoms with E-state index in [1.165, 1.54) is 0 Å². The number of hydrogen-bond acceptors (Lipinski definition) is 5. The minimum absolute atomic E-state index is 0.355. The van der Waals surface area contributed by atoms with Gasteiger partial charge in [0.2, 0.25) is 0 Å². The number of ether oxygens (including phenoxy) is 1. The molecule has 1 aromatic carbocycles. The molecule has 3 aromatic rings. The molecule has 0 unspecified atom stereocenters. The molecule has 0 spiro atoms. The fourth-order valence-corrected chi connectivity index (χ4v) is 2.71. The molecule has 0 fully saturated rings. The molecule has 7 heteroatoms. The smallest absolute Gasteiger partial charge is 0.339 e. The van der Waals surface area contributed by atoms with Crippen LogP contribution in [-0.2, 0) is 16.0 Å². The summed E-state index contributed by atoms with van der Waals surface area (Å²) < 4.78 is 7.00. The lowest BCUT2D eigenvalue weighted by Gasteiger charge is -2.23. The van der Waals surface area contributed by atoms with Crippen molar-refractivity contribution in [3.8, 4) is 5.82 Å². The van der Waals surface area contributed by atoms with E-state index in [0.717, 1.165) is 5.56 Å². The van der Waals surface area contributed by atoms with Gasteiger partial charge in [0.15, 0.2) is 6.10 Å². The second-order valence-corrected chi connectivity index (χ2v) is 5.62. The number of aromatic nitrogens is 3. The minimum Gasteiger partial charge on any atom is -0.448 e. The van der Waals surface area contributed by atoms with E-state index in [2.05, 4.69) is 15.3 Å². The highest BCUT2D eigenvalue weighted by atomic mass is 16.5. The van der Waals surface area contributed by atoms with Crippen LogP contribution in [0.5, 0.6) is 0 Å². The van der Waals surface area contributed by atoms with Gasteiger partial charge >= 0.3 is 5.97 Å². The number of carbonyl (C=O) groups is 2. The summed E-state index contributed by atoms with van der Waals surface area (Å²) in [5, 5.41) is 2.73. The quantitative estimate of drug-likeness (QED) is 0.740. The average Bonchev–Trinajstić information content (AvgIpc) is 3.17. The van der Waals surface area contributed by atoms with Crippen LogP contribution >= 0.6 is 0 Å². The summed E-state index contributed by atoms with van der Waals surface area (Å²) in [6.45, 7) is 0. The normalized spacial score (nSPS) is 16.0. The Morgan fingerprint density at radius 2 is 2.12 bits per heavy atom. The number of cyclic esters (lactones) is 1. The molecule has 1 aliphatic heterocycles. The first kappa shape index (κ1) is 15.1. The van der Waals surface area contributed by atoms with Gasteiger partial charge in [-0.1, -0.05) is 18.2 Å². The number of nitrogens with one attached hydrogen (secondary N) is 1. The maximum atomic E-state index is 12.4. The second-order valence-electron chi connectivity index (χ2n) is 5.62. The Morgan fingerprint density at radius 1 is 1.24 bits per heavy atom. The number of hydrogen-bond donors (Lipinski definition) is 1. The first-order valence-corrected chi connectivity index (χ1v) is 7.75. The van der Waals surface area contributed by atoms with Gasteiger partial charge < -0.3 is 10.1 Å². The molecule has 0 aliphatic carbocycles. The van der Waals surface area contributed by atoms with Gasteiger partial charge in [0.25, 0.3) is 5.91 Å². The van der Waals surface area contributed by atoms with E-state index < -0.39 is 12.1 Å². The van der Waals surface area contributed by atoms with Crippen molar-refractivity contribution in [1.29, 1.82) is 0 Å². The summed E-state index contributed by atoms with van der Waals surface area (Å²) in [5.74, 6) is -0.163. The van der Waals surface area contributed by atoms with Crippen LogP contribution in [0.15, 0.2) is 61.3 Å². The van der Waals surface area contributed by atoms with Gasteiger partial charge in [-0.15, -0.1) is 0 Å². The molecule has 1 N–H and O–H groups in total. The van der Waals surface area contributed by atoms with Crippen molar-refractivity contribution in [3.63, 3.8) is 0 Å². The molecule has 25 heavy (non-hydrogen) atoms. The topological polar surface area (TPSA) is 86.1 Å². The van der Waals surface area contributed by atoms with E-state index >= 15 is 0 Å². The van der Waals surface area contributed by atoms with Crippen molar-refractivity contribution in [2.75, 3.05) is 5.32 Å². The summed E-state index contributed by atoms with van der Waals surface area (Å²) in [6.07, 6.45) is 6.13. The number of benzene rings is 1. The first-order chi connectivity index (χ1) is 12.2. The zero-order valence-electron chi connectivity index (χ0n) is 13.1. The van der Waals surface area contributed by atoms with E-state index in [-0.39, 0.29) is 5.91 Å². The van der Waals surface area contributed by atoms with Crippen LogP contribution in [0, 0.1) is 0 Å². The van der Waals surface area contributed by atoms with E-state index in [0.29, 0.717) is 23.5 Å². The van der Waals surface area contributed by atoms with Crippen molar-refractivity contribution in [2.45, 2.75) is 12.5 Å². The Hall–Kier alpha value is -3.48. The summed E-state index contributed by atoms with van der Waals surface area (Å²) >= 11 is 0. The molecular weight excluding hydrogens is 320 g/mol. The molecule has 4 rings (SSSR count). The number of nitrogens with zero attached hydrogens (tertiary/aromatic N) is 3. The monoisotopic (exact) mass is 334 g/mol. The first-order valence-electron chi connectivity index (χ1n) is 7.75. The van der Waals surface area contributed by atoms with Gasteiger partial charge in [0, 0.05) is 18.8 Å². The number of carbonyl (C=O) groups excluding carboxylic acids is 2. The van der Waals surface area contributed by atoms with E-state index in [4.69, 9.17) is 4.74 Å². The summed E-state index contributed by atoms with van der Waals surface area (Å²) in [4.78, 5) is 32.6. The van der Waals surface area contributed by atoms with Gasteiger partial charge in [0.05, 0.1) is 17.4 Å². The van der Waals surface area contributed by atoms with Crippen LogP contribution in [0.25, 0.3) is 5.82 Å². The number of pyridine rings is 1. The van der Waals surface area contributed by atoms with Gasteiger partial charge in [-0.05, 0) is 23.8 Å². The predicted octanol–water partition coefficient (Wildman–Crippen LogP) is 1.99. The minimum atomic E-state index is -0.851. The molecule has 7 nitrogen and oxygen atoms in total. The Kier molecular flexibility index (Phi) is 3.74. The molecule has 1 amide bonds. The fourth-order valence-electron chi connectivity index (χ4n) is 2.71. The maximum Gasteiger partial charge on any atom is 0.339 e. The number of amides is 1. The zero-order chi connectivity index (χ0) is 17.2.